The van der Waals surface area contributed by atoms with Gasteiger partial charge in [0.2, 0.25) is 0 Å². The molecule has 2 rings (SSSR count). The summed E-state index contributed by atoms with van der Waals surface area (Å²) < 4.78 is 12.1. The summed E-state index contributed by atoms with van der Waals surface area (Å²) in [4.78, 5) is 0.823. The maximum atomic E-state index is 12.1. The van der Waals surface area contributed by atoms with E-state index in [1.165, 1.54) is 5.56 Å². The van der Waals surface area contributed by atoms with Gasteiger partial charge in [-0.05, 0) is 24.6 Å². The summed E-state index contributed by atoms with van der Waals surface area (Å²) in [6.45, 7) is 2.68. The van der Waals surface area contributed by atoms with Gasteiger partial charge in [0.05, 0.1) is 10.8 Å². The zero-order valence-electron chi connectivity index (χ0n) is 10.9. The van der Waals surface area contributed by atoms with Gasteiger partial charge in [0.1, 0.15) is 0 Å². The molecule has 2 aromatic rings. The van der Waals surface area contributed by atoms with E-state index in [2.05, 4.69) is 17.4 Å². The van der Waals surface area contributed by atoms with Crippen LogP contribution in [-0.4, -0.2) is 4.21 Å². The quantitative estimate of drug-likeness (QED) is 0.902. The molecule has 0 bridgehead atoms. The lowest BCUT2D eigenvalue weighted by atomic mass is 10.2. The van der Waals surface area contributed by atoms with Gasteiger partial charge in [-0.1, -0.05) is 48.5 Å². The molecule has 0 amide bonds. The molecular weight excluding hydrogens is 254 g/mol. The van der Waals surface area contributed by atoms with Crippen molar-refractivity contribution in [1.29, 1.82) is 0 Å². The van der Waals surface area contributed by atoms with Crippen LogP contribution in [0.4, 0.5) is 0 Å². The third-order valence-corrected chi connectivity index (χ3v) is 3.98. The van der Waals surface area contributed by atoms with Crippen molar-refractivity contribution in [2.24, 2.45) is 0 Å². The molecule has 3 heteroatoms. The van der Waals surface area contributed by atoms with Gasteiger partial charge < -0.3 is 5.32 Å². The molecule has 0 aliphatic rings. The van der Waals surface area contributed by atoms with E-state index >= 15 is 0 Å². The largest absolute Gasteiger partial charge is 0.384 e. The first-order valence-corrected chi connectivity index (χ1v) is 7.39. The number of hydrogen-bond donors (Lipinski definition) is 1. The van der Waals surface area contributed by atoms with Crippen molar-refractivity contribution >= 4 is 10.8 Å². The van der Waals surface area contributed by atoms with Crippen LogP contribution < -0.4 is 5.32 Å². The maximum Gasteiger partial charge on any atom is 0.0793 e. The first kappa shape index (κ1) is 13.6. The van der Waals surface area contributed by atoms with Gasteiger partial charge in [-0.3, -0.25) is 0 Å². The molecule has 19 heavy (non-hydrogen) atoms. The molecule has 1 unspecified atom stereocenters. The average molecular weight is 271 g/mol. The van der Waals surface area contributed by atoms with E-state index in [0.717, 1.165) is 17.1 Å². The summed E-state index contributed by atoms with van der Waals surface area (Å²) in [6, 6.07) is 19.6. The number of rotatable bonds is 5. The monoisotopic (exact) mass is 271 g/mol. The molecule has 0 saturated carbocycles. The second kappa shape index (κ2) is 6.90. The maximum absolute atomic E-state index is 12.1. The van der Waals surface area contributed by atoms with Gasteiger partial charge in [0, 0.05) is 22.5 Å². The van der Waals surface area contributed by atoms with Crippen LogP contribution in [-0.2, 0) is 17.3 Å². The molecule has 1 atom stereocenters. The van der Waals surface area contributed by atoms with Crippen molar-refractivity contribution in [3.8, 4) is 0 Å². The van der Waals surface area contributed by atoms with Crippen molar-refractivity contribution in [1.82, 2.24) is 5.32 Å². The van der Waals surface area contributed by atoms with Gasteiger partial charge in [0.25, 0.3) is 0 Å². The number of allylic oxidation sites excluding steroid dienone is 1. The minimum absolute atomic E-state index is 0.745. The predicted octanol–water partition coefficient (Wildman–Crippen LogP) is 3.45. The molecule has 0 saturated heterocycles. The third-order valence-electron chi connectivity index (χ3n) is 2.67. The van der Waals surface area contributed by atoms with Crippen LogP contribution in [0.15, 0.2) is 76.7 Å². The molecule has 2 aromatic carbocycles. The second-order valence-electron chi connectivity index (χ2n) is 4.25. The normalized spacial score (nSPS) is 13.0. The first-order chi connectivity index (χ1) is 9.25. The second-order valence-corrected chi connectivity index (χ2v) is 5.55. The number of nitrogens with one attached hydrogen (secondary N) is 1. The van der Waals surface area contributed by atoms with Gasteiger partial charge in [-0.2, -0.15) is 0 Å². The zero-order valence-corrected chi connectivity index (χ0v) is 11.7. The molecule has 0 fully saturated rings. The summed E-state index contributed by atoms with van der Waals surface area (Å²) in [5, 5.41) is 5.02. The SMILES string of the molecule is C/C(=C/S(=O)c1ccccc1)NCc1ccccc1. The van der Waals surface area contributed by atoms with Crippen molar-refractivity contribution in [3.63, 3.8) is 0 Å². The van der Waals surface area contributed by atoms with Crippen LogP contribution in [0.1, 0.15) is 12.5 Å². The number of benzene rings is 2. The zero-order chi connectivity index (χ0) is 13.5. The van der Waals surface area contributed by atoms with E-state index in [4.69, 9.17) is 0 Å². The van der Waals surface area contributed by atoms with Crippen LogP contribution in [0.2, 0.25) is 0 Å². The average Bonchev–Trinajstić information content (AvgIpc) is 2.47. The minimum Gasteiger partial charge on any atom is -0.384 e. The lowest BCUT2D eigenvalue weighted by molar-refractivity contribution is 0.687. The minimum atomic E-state index is -1.10. The molecule has 0 heterocycles. The summed E-state index contributed by atoms with van der Waals surface area (Å²) in [5.41, 5.74) is 2.13. The molecule has 1 N–H and O–H groups in total. The third kappa shape index (κ3) is 4.38. The highest BCUT2D eigenvalue weighted by Crippen LogP contribution is 2.08. The van der Waals surface area contributed by atoms with E-state index in [0.29, 0.717) is 0 Å². The van der Waals surface area contributed by atoms with Gasteiger partial charge >= 0.3 is 0 Å². The van der Waals surface area contributed by atoms with E-state index in [1.807, 2.05) is 55.5 Å². The van der Waals surface area contributed by atoms with Crippen molar-refractivity contribution in [2.45, 2.75) is 18.4 Å². The van der Waals surface area contributed by atoms with Crippen molar-refractivity contribution in [3.05, 3.63) is 77.3 Å². The van der Waals surface area contributed by atoms with Gasteiger partial charge in [-0.25, -0.2) is 4.21 Å². The Balaban J connectivity index is 1.94. The predicted molar refractivity (Wildman–Crippen MR) is 79.9 cm³/mol. The Morgan fingerprint density at radius 2 is 1.63 bits per heavy atom. The van der Waals surface area contributed by atoms with E-state index < -0.39 is 10.8 Å². The lowest BCUT2D eigenvalue weighted by Gasteiger charge is -2.06. The fraction of sp³-hybridized carbons (Fsp3) is 0.125. The summed E-state index contributed by atoms with van der Waals surface area (Å²) >= 11 is 0. The van der Waals surface area contributed by atoms with Crippen LogP contribution in [0, 0.1) is 0 Å². The molecule has 0 aromatic heterocycles. The van der Waals surface area contributed by atoms with Crippen molar-refractivity contribution in [2.75, 3.05) is 0 Å². The molecule has 0 radical (unpaired) electrons. The molecule has 2 nitrogen and oxygen atoms in total. The van der Waals surface area contributed by atoms with Crippen LogP contribution in [0.25, 0.3) is 0 Å². The van der Waals surface area contributed by atoms with E-state index in [1.54, 1.807) is 5.41 Å². The highest BCUT2D eigenvalue weighted by atomic mass is 32.2. The summed E-state index contributed by atoms with van der Waals surface area (Å²) in [7, 11) is -1.10. The Morgan fingerprint density at radius 3 is 2.26 bits per heavy atom. The smallest absolute Gasteiger partial charge is 0.0793 e. The van der Waals surface area contributed by atoms with E-state index in [-0.39, 0.29) is 0 Å². The van der Waals surface area contributed by atoms with Crippen molar-refractivity contribution < 1.29 is 4.21 Å². The highest BCUT2D eigenvalue weighted by molar-refractivity contribution is 7.88. The summed E-state index contributed by atoms with van der Waals surface area (Å²) in [6.07, 6.45) is 0. The van der Waals surface area contributed by atoms with Gasteiger partial charge in [0.15, 0.2) is 0 Å². The molecule has 0 aliphatic heterocycles. The Labute approximate surface area is 116 Å². The number of hydrogen-bond acceptors (Lipinski definition) is 2. The van der Waals surface area contributed by atoms with Crippen LogP contribution in [0.5, 0.6) is 0 Å². The topological polar surface area (TPSA) is 29.1 Å². The molecule has 0 spiro atoms. The van der Waals surface area contributed by atoms with E-state index in [9.17, 15) is 4.21 Å². The molecule has 98 valence electrons. The van der Waals surface area contributed by atoms with Crippen LogP contribution >= 0.6 is 0 Å². The van der Waals surface area contributed by atoms with Crippen LogP contribution in [0.3, 0.4) is 0 Å². The fourth-order valence-electron chi connectivity index (χ4n) is 1.66. The standard InChI is InChI=1S/C16H17NOS/c1-14(17-12-15-8-4-2-5-9-15)13-19(18)16-10-6-3-7-11-16/h2-11,13,17H,12H2,1H3/b14-13-. The fourth-order valence-corrected chi connectivity index (χ4v) is 2.63. The summed E-state index contributed by atoms with van der Waals surface area (Å²) in [5.74, 6) is 0. The Kier molecular flexibility index (Phi) is 4.93. The molecular formula is C16H17NOS. The Morgan fingerprint density at radius 1 is 1.05 bits per heavy atom. The molecule has 0 aliphatic carbocycles. The first-order valence-electron chi connectivity index (χ1n) is 6.17. The lowest BCUT2D eigenvalue weighted by Crippen LogP contribution is -2.11. The Hall–Kier alpha value is -1.87. The van der Waals surface area contributed by atoms with Gasteiger partial charge in [-0.15, -0.1) is 0 Å². The highest BCUT2D eigenvalue weighted by Gasteiger charge is 2.00. The Bertz CT molecular complexity index is 564.